The number of amides is 2. The summed E-state index contributed by atoms with van der Waals surface area (Å²) in [5, 5.41) is 3.16. The lowest BCUT2D eigenvalue weighted by molar-refractivity contribution is -0.140. The second-order valence-corrected chi connectivity index (χ2v) is 13.6. The summed E-state index contributed by atoms with van der Waals surface area (Å²) in [7, 11) is -4.37. The van der Waals surface area contributed by atoms with Gasteiger partial charge in [-0.2, -0.15) is 0 Å². The van der Waals surface area contributed by atoms with Crippen LogP contribution in [0.3, 0.4) is 0 Å². The summed E-state index contributed by atoms with van der Waals surface area (Å²) in [5.74, 6) is -1.73. The molecule has 0 saturated carbocycles. The maximum absolute atomic E-state index is 15.0. The van der Waals surface area contributed by atoms with E-state index in [0.717, 1.165) is 28.3 Å². The largest absolute Gasteiger partial charge is 0.354 e. The molecule has 1 N–H and O–H groups in total. The molecule has 4 aromatic rings. The zero-order valence-electron chi connectivity index (χ0n) is 25.6. The van der Waals surface area contributed by atoms with Gasteiger partial charge in [-0.05, 0) is 55.3 Å². The Bertz CT molecular complexity index is 1760. The molecule has 11 heteroatoms. The minimum atomic E-state index is -4.37. The Labute approximate surface area is 280 Å². The highest BCUT2D eigenvalue weighted by Crippen LogP contribution is 2.33. The van der Waals surface area contributed by atoms with Crippen LogP contribution in [0.2, 0.25) is 10.0 Å². The third kappa shape index (κ3) is 8.87. The predicted octanol–water partition coefficient (Wildman–Crippen LogP) is 7.19. The Morgan fingerprint density at radius 3 is 2.26 bits per heavy atom. The molecule has 0 fully saturated rings. The number of anilines is 1. The molecular formula is C35H36Cl2FN3O4S. The van der Waals surface area contributed by atoms with E-state index in [-0.39, 0.29) is 39.2 Å². The molecule has 0 aliphatic heterocycles. The molecule has 0 radical (unpaired) electrons. The fourth-order valence-electron chi connectivity index (χ4n) is 4.90. The highest BCUT2D eigenvalue weighted by molar-refractivity contribution is 7.92. The Kier molecular flexibility index (Phi) is 12.2. The Hall–Kier alpha value is -3.92. The number of hydrogen-bond donors (Lipinski definition) is 1. The molecule has 0 bridgehead atoms. The van der Waals surface area contributed by atoms with E-state index < -0.39 is 40.2 Å². The van der Waals surface area contributed by atoms with E-state index in [9.17, 15) is 18.0 Å². The van der Waals surface area contributed by atoms with Gasteiger partial charge in [0.05, 0.1) is 15.6 Å². The fourth-order valence-corrected chi connectivity index (χ4v) is 6.76. The second-order valence-electron chi connectivity index (χ2n) is 10.9. The molecule has 0 spiro atoms. The highest BCUT2D eigenvalue weighted by atomic mass is 35.5. The number of rotatable bonds is 14. The maximum Gasteiger partial charge on any atom is 0.264 e. The molecule has 242 valence electrons. The summed E-state index contributed by atoms with van der Waals surface area (Å²) in [6.07, 6.45) is 1.68. The molecule has 0 aliphatic rings. The molecule has 46 heavy (non-hydrogen) atoms. The zero-order valence-corrected chi connectivity index (χ0v) is 28.0. The summed E-state index contributed by atoms with van der Waals surface area (Å²) < 4.78 is 44.3. The van der Waals surface area contributed by atoms with Crippen molar-refractivity contribution in [2.45, 2.75) is 50.6 Å². The van der Waals surface area contributed by atoms with Crippen LogP contribution in [0.25, 0.3) is 0 Å². The zero-order chi connectivity index (χ0) is 33.3. The van der Waals surface area contributed by atoms with Crippen LogP contribution in [0.15, 0.2) is 102 Å². The lowest BCUT2D eigenvalue weighted by Gasteiger charge is -2.34. The van der Waals surface area contributed by atoms with Gasteiger partial charge in [0.25, 0.3) is 10.0 Å². The number of nitrogens with one attached hydrogen (secondary N) is 1. The lowest BCUT2D eigenvalue weighted by atomic mass is 10.0. The van der Waals surface area contributed by atoms with E-state index in [1.165, 1.54) is 53.4 Å². The van der Waals surface area contributed by atoms with E-state index in [2.05, 4.69) is 5.32 Å². The molecule has 0 heterocycles. The van der Waals surface area contributed by atoms with Crippen molar-refractivity contribution in [3.63, 3.8) is 0 Å². The van der Waals surface area contributed by atoms with Gasteiger partial charge in [-0.15, -0.1) is 0 Å². The summed E-state index contributed by atoms with van der Waals surface area (Å²) in [4.78, 5) is 29.4. The van der Waals surface area contributed by atoms with Crippen LogP contribution in [0.1, 0.15) is 36.5 Å². The first-order valence-corrected chi connectivity index (χ1v) is 17.1. The highest BCUT2D eigenvalue weighted by Gasteiger charge is 2.35. The topological polar surface area (TPSA) is 86.8 Å². The molecule has 7 nitrogen and oxygen atoms in total. The first-order chi connectivity index (χ1) is 22.0. The van der Waals surface area contributed by atoms with Crippen molar-refractivity contribution < 1.29 is 22.4 Å². The van der Waals surface area contributed by atoms with Crippen LogP contribution < -0.4 is 9.62 Å². The molecule has 0 aliphatic carbocycles. The van der Waals surface area contributed by atoms with Gasteiger partial charge in [0.1, 0.15) is 18.4 Å². The first-order valence-electron chi connectivity index (χ1n) is 14.9. The van der Waals surface area contributed by atoms with Gasteiger partial charge < -0.3 is 10.2 Å². The van der Waals surface area contributed by atoms with Crippen molar-refractivity contribution in [1.82, 2.24) is 10.2 Å². The number of unbranched alkanes of at least 4 members (excludes halogenated alkanes) is 1. The number of aryl methyl sites for hydroxylation is 1. The van der Waals surface area contributed by atoms with Crippen molar-refractivity contribution in [1.29, 1.82) is 0 Å². The minimum Gasteiger partial charge on any atom is -0.354 e. The van der Waals surface area contributed by atoms with Gasteiger partial charge in [-0.1, -0.05) is 103 Å². The number of nitrogens with zero attached hydrogens (tertiary/aromatic N) is 2. The van der Waals surface area contributed by atoms with E-state index >= 15 is 4.39 Å². The van der Waals surface area contributed by atoms with E-state index in [0.29, 0.717) is 6.54 Å². The average molecular weight is 685 g/mol. The molecular weight excluding hydrogens is 648 g/mol. The maximum atomic E-state index is 15.0. The smallest absolute Gasteiger partial charge is 0.264 e. The van der Waals surface area contributed by atoms with Gasteiger partial charge in [0.2, 0.25) is 11.8 Å². The number of carbonyl (C=O) groups excluding carboxylic acids is 2. The SMILES string of the molecule is CCCCNC(=O)C(Cc1ccccc1)N(Cc1ccccc1F)C(=O)CN(c1cc(Cl)ccc1Cl)S(=O)(=O)c1ccc(C)cc1. The minimum absolute atomic E-state index is 0.0130. The second kappa shape index (κ2) is 16.1. The fraction of sp³-hybridized carbons (Fsp3) is 0.257. The molecule has 1 unspecified atom stereocenters. The first kappa shape index (κ1) is 34.9. The van der Waals surface area contributed by atoms with Gasteiger partial charge in [0.15, 0.2) is 0 Å². The molecule has 4 rings (SSSR count). The summed E-state index contributed by atoms with van der Waals surface area (Å²) in [5.41, 5.74) is 1.77. The Balaban J connectivity index is 1.83. The van der Waals surface area contributed by atoms with Crippen LogP contribution in [0.5, 0.6) is 0 Å². The number of sulfonamides is 1. The summed E-state index contributed by atoms with van der Waals surface area (Å²) in [6.45, 7) is 3.18. The van der Waals surface area contributed by atoms with Crippen molar-refractivity contribution in [3.05, 3.63) is 130 Å². The number of hydrogen-bond acceptors (Lipinski definition) is 4. The van der Waals surface area contributed by atoms with Gasteiger partial charge in [0, 0.05) is 30.1 Å². The molecule has 1 atom stereocenters. The lowest BCUT2D eigenvalue weighted by Crippen LogP contribution is -2.53. The van der Waals surface area contributed by atoms with E-state index in [4.69, 9.17) is 23.2 Å². The third-order valence-corrected chi connectivity index (χ3v) is 9.79. The van der Waals surface area contributed by atoms with Crippen LogP contribution >= 0.6 is 23.2 Å². The van der Waals surface area contributed by atoms with Gasteiger partial charge in [-0.25, -0.2) is 12.8 Å². The number of carbonyl (C=O) groups is 2. The van der Waals surface area contributed by atoms with Crippen LogP contribution in [0, 0.1) is 12.7 Å². The molecule has 2 amide bonds. The number of halogens is 3. The third-order valence-electron chi connectivity index (χ3n) is 7.46. The molecule has 0 aromatic heterocycles. The van der Waals surface area contributed by atoms with Crippen molar-refractivity contribution in [2.75, 3.05) is 17.4 Å². The normalized spacial score (nSPS) is 11.9. The Morgan fingerprint density at radius 1 is 0.913 bits per heavy atom. The van der Waals surface area contributed by atoms with Crippen molar-refractivity contribution in [3.8, 4) is 0 Å². The summed E-state index contributed by atoms with van der Waals surface area (Å²) >= 11 is 12.8. The number of benzene rings is 4. The average Bonchev–Trinajstić information content (AvgIpc) is 3.04. The van der Waals surface area contributed by atoms with Crippen LogP contribution in [0.4, 0.5) is 10.1 Å². The standard InChI is InChI=1S/C35H36Cl2FN3O4S/c1-3-4-20-39-35(43)33(21-26-10-6-5-7-11-26)40(23-27-12-8-9-13-31(27)38)34(42)24-41(32-22-28(36)16-19-30(32)37)46(44,45)29-17-14-25(2)15-18-29/h5-19,22,33H,3-4,20-21,23-24H2,1-2H3,(H,39,43). The Morgan fingerprint density at radius 2 is 1.59 bits per heavy atom. The van der Waals surface area contributed by atoms with Crippen LogP contribution in [-0.4, -0.2) is 44.3 Å². The van der Waals surface area contributed by atoms with Crippen molar-refractivity contribution >= 4 is 50.7 Å². The van der Waals surface area contributed by atoms with Crippen molar-refractivity contribution in [2.24, 2.45) is 0 Å². The van der Waals surface area contributed by atoms with Gasteiger partial charge >= 0.3 is 0 Å². The van der Waals surface area contributed by atoms with E-state index in [1.54, 1.807) is 18.2 Å². The van der Waals surface area contributed by atoms with E-state index in [1.807, 2.05) is 44.2 Å². The molecule has 0 saturated heterocycles. The quantitative estimate of drug-likeness (QED) is 0.143. The van der Waals surface area contributed by atoms with Crippen LogP contribution in [-0.2, 0) is 32.6 Å². The monoisotopic (exact) mass is 683 g/mol. The summed E-state index contributed by atoms with van der Waals surface area (Å²) in [6, 6.07) is 24.5. The van der Waals surface area contributed by atoms with Gasteiger partial charge in [-0.3, -0.25) is 13.9 Å². The molecule has 4 aromatic carbocycles. The predicted molar refractivity (Wildman–Crippen MR) is 181 cm³/mol.